The van der Waals surface area contributed by atoms with Gasteiger partial charge in [-0.2, -0.15) is 0 Å². The molecule has 0 fully saturated rings. The van der Waals surface area contributed by atoms with Gasteiger partial charge in [-0.15, -0.1) is 0 Å². The molecule has 2 N–H and O–H groups in total. The van der Waals surface area contributed by atoms with Crippen LogP contribution in [0.1, 0.15) is 5.56 Å². The van der Waals surface area contributed by atoms with E-state index < -0.39 is 0 Å². The minimum absolute atomic E-state index is 0.0558. The van der Waals surface area contributed by atoms with Gasteiger partial charge in [-0.05, 0) is 17.7 Å². The predicted molar refractivity (Wildman–Crippen MR) is 50.5 cm³/mol. The molecule has 0 atom stereocenters. The molecule has 1 rings (SSSR count). The number of rotatable bonds is 4. The smallest absolute Gasteiger partial charge is 0.123 e. The van der Waals surface area contributed by atoms with Crippen LogP contribution < -0.4 is 5.32 Å². The van der Waals surface area contributed by atoms with Gasteiger partial charge in [0.05, 0.1) is 6.61 Å². The Hall–Kier alpha value is -1.35. The van der Waals surface area contributed by atoms with Gasteiger partial charge in [0.2, 0.25) is 0 Å². The predicted octanol–water partition coefficient (Wildman–Crippen LogP) is 1.38. The molecule has 0 radical (unpaired) electrons. The molecule has 0 spiro atoms. The molecule has 1 aromatic rings. The Morgan fingerprint density at radius 1 is 1.38 bits per heavy atom. The number of halogens is 1. The van der Waals surface area contributed by atoms with E-state index in [0.717, 1.165) is 5.56 Å². The van der Waals surface area contributed by atoms with Crippen LogP contribution in [0.5, 0.6) is 0 Å². The number of hydrogen-bond acceptors (Lipinski definition) is 2. The molecule has 0 bridgehead atoms. The van der Waals surface area contributed by atoms with Gasteiger partial charge in [0.15, 0.2) is 0 Å². The van der Waals surface area contributed by atoms with E-state index in [9.17, 15) is 4.39 Å². The number of aliphatic hydroxyl groups is 1. The Balaban J connectivity index is 2.61. The topological polar surface area (TPSA) is 32.3 Å². The molecule has 0 aliphatic carbocycles. The average Bonchev–Trinajstić information content (AvgIpc) is 2.15. The van der Waals surface area contributed by atoms with Crippen LogP contribution in [0.25, 0.3) is 5.70 Å². The molecule has 0 aliphatic heterocycles. The molecular weight excluding hydrogens is 169 g/mol. The third-order valence-electron chi connectivity index (χ3n) is 1.64. The maximum atomic E-state index is 12.5. The number of hydrogen-bond donors (Lipinski definition) is 2. The standard InChI is InChI=1S/C10H12FNO/c1-8(12-6-7-13)9-2-4-10(11)5-3-9/h2-5,12-13H,1,6-7H2. The highest BCUT2D eigenvalue weighted by Gasteiger charge is 1.97. The summed E-state index contributed by atoms with van der Waals surface area (Å²) in [5, 5.41) is 11.4. The van der Waals surface area contributed by atoms with Crippen molar-refractivity contribution in [1.29, 1.82) is 0 Å². The minimum atomic E-state index is -0.265. The molecule has 13 heavy (non-hydrogen) atoms. The van der Waals surface area contributed by atoms with Crippen LogP contribution in [-0.2, 0) is 0 Å². The first-order valence-electron chi connectivity index (χ1n) is 4.03. The maximum Gasteiger partial charge on any atom is 0.123 e. The van der Waals surface area contributed by atoms with Crippen LogP contribution in [0, 0.1) is 5.82 Å². The summed E-state index contributed by atoms with van der Waals surface area (Å²) in [5.74, 6) is -0.265. The molecule has 0 saturated heterocycles. The van der Waals surface area contributed by atoms with Crippen LogP contribution in [0.3, 0.4) is 0 Å². The molecule has 0 unspecified atom stereocenters. The summed E-state index contributed by atoms with van der Waals surface area (Å²) in [6, 6.07) is 6.03. The second-order valence-corrected chi connectivity index (χ2v) is 2.64. The van der Waals surface area contributed by atoms with Gasteiger partial charge in [0.1, 0.15) is 5.82 Å². The van der Waals surface area contributed by atoms with Gasteiger partial charge < -0.3 is 10.4 Å². The van der Waals surface area contributed by atoms with Crippen LogP contribution in [-0.4, -0.2) is 18.3 Å². The fourth-order valence-corrected chi connectivity index (χ4v) is 0.960. The van der Waals surface area contributed by atoms with Crippen LogP contribution in [0.4, 0.5) is 4.39 Å². The van der Waals surface area contributed by atoms with Gasteiger partial charge in [-0.25, -0.2) is 4.39 Å². The molecule has 0 amide bonds. The van der Waals surface area contributed by atoms with E-state index in [1.54, 1.807) is 12.1 Å². The molecule has 1 aromatic carbocycles. The highest BCUT2D eigenvalue weighted by atomic mass is 19.1. The van der Waals surface area contributed by atoms with Crippen molar-refractivity contribution in [2.75, 3.05) is 13.2 Å². The lowest BCUT2D eigenvalue weighted by Gasteiger charge is -2.07. The van der Waals surface area contributed by atoms with Crippen LogP contribution in [0.2, 0.25) is 0 Å². The molecule has 0 aromatic heterocycles. The molecular formula is C10H12FNO. The van der Waals surface area contributed by atoms with Gasteiger partial charge in [0, 0.05) is 12.2 Å². The van der Waals surface area contributed by atoms with Crippen LogP contribution >= 0.6 is 0 Å². The first-order chi connectivity index (χ1) is 6.24. The quantitative estimate of drug-likeness (QED) is 0.735. The molecule has 0 aliphatic rings. The Morgan fingerprint density at radius 3 is 2.54 bits per heavy atom. The van der Waals surface area contributed by atoms with Crippen molar-refractivity contribution < 1.29 is 9.50 Å². The summed E-state index contributed by atoms with van der Waals surface area (Å²) in [7, 11) is 0. The van der Waals surface area contributed by atoms with Crippen molar-refractivity contribution in [3.05, 3.63) is 42.2 Å². The first-order valence-corrected chi connectivity index (χ1v) is 4.03. The maximum absolute atomic E-state index is 12.5. The Kier molecular flexibility index (Phi) is 3.46. The van der Waals surface area contributed by atoms with Crippen molar-refractivity contribution in [3.8, 4) is 0 Å². The zero-order valence-electron chi connectivity index (χ0n) is 7.26. The van der Waals surface area contributed by atoms with Crippen molar-refractivity contribution >= 4 is 5.70 Å². The minimum Gasteiger partial charge on any atom is -0.395 e. The van der Waals surface area contributed by atoms with Crippen molar-refractivity contribution in [1.82, 2.24) is 5.32 Å². The third-order valence-corrected chi connectivity index (χ3v) is 1.64. The van der Waals surface area contributed by atoms with Gasteiger partial charge >= 0.3 is 0 Å². The monoisotopic (exact) mass is 181 g/mol. The lowest BCUT2D eigenvalue weighted by molar-refractivity contribution is 0.299. The summed E-state index contributed by atoms with van der Waals surface area (Å²) in [5.41, 5.74) is 1.52. The highest BCUT2D eigenvalue weighted by molar-refractivity contribution is 5.61. The fraction of sp³-hybridized carbons (Fsp3) is 0.200. The summed E-state index contributed by atoms with van der Waals surface area (Å²) in [6.07, 6.45) is 0. The lowest BCUT2D eigenvalue weighted by Crippen LogP contribution is -2.15. The summed E-state index contributed by atoms with van der Waals surface area (Å²) in [4.78, 5) is 0. The van der Waals surface area contributed by atoms with E-state index in [1.165, 1.54) is 12.1 Å². The van der Waals surface area contributed by atoms with Crippen molar-refractivity contribution in [3.63, 3.8) is 0 Å². The van der Waals surface area contributed by atoms with E-state index in [1.807, 2.05) is 0 Å². The van der Waals surface area contributed by atoms with Crippen molar-refractivity contribution in [2.45, 2.75) is 0 Å². The second kappa shape index (κ2) is 4.62. The first kappa shape index (κ1) is 9.74. The van der Waals surface area contributed by atoms with Gasteiger partial charge in [-0.1, -0.05) is 18.7 Å². The summed E-state index contributed by atoms with van der Waals surface area (Å²) in [6.45, 7) is 4.26. The normalized spacial score (nSPS) is 9.69. The molecule has 0 saturated carbocycles. The molecule has 3 heteroatoms. The summed E-state index contributed by atoms with van der Waals surface area (Å²) >= 11 is 0. The highest BCUT2D eigenvalue weighted by Crippen LogP contribution is 2.09. The number of aliphatic hydroxyl groups excluding tert-OH is 1. The van der Waals surface area contributed by atoms with E-state index >= 15 is 0 Å². The Labute approximate surface area is 76.7 Å². The average molecular weight is 181 g/mol. The zero-order chi connectivity index (χ0) is 9.68. The van der Waals surface area contributed by atoms with E-state index in [-0.39, 0.29) is 12.4 Å². The number of benzene rings is 1. The third kappa shape index (κ3) is 2.87. The van der Waals surface area contributed by atoms with E-state index in [2.05, 4.69) is 11.9 Å². The van der Waals surface area contributed by atoms with Gasteiger partial charge in [-0.3, -0.25) is 0 Å². The SMILES string of the molecule is C=C(NCCO)c1ccc(F)cc1. The lowest BCUT2D eigenvalue weighted by atomic mass is 10.2. The van der Waals surface area contributed by atoms with Crippen LogP contribution in [0.15, 0.2) is 30.8 Å². The van der Waals surface area contributed by atoms with Crippen molar-refractivity contribution in [2.24, 2.45) is 0 Å². The Morgan fingerprint density at radius 2 is 2.00 bits per heavy atom. The second-order valence-electron chi connectivity index (χ2n) is 2.64. The molecule has 0 heterocycles. The van der Waals surface area contributed by atoms with E-state index in [4.69, 9.17) is 5.11 Å². The summed E-state index contributed by atoms with van der Waals surface area (Å²) < 4.78 is 12.5. The molecule has 70 valence electrons. The largest absolute Gasteiger partial charge is 0.395 e. The Bertz CT molecular complexity index is 281. The fourth-order valence-electron chi connectivity index (χ4n) is 0.960. The number of nitrogens with one attached hydrogen (secondary N) is 1. The molecule has 2 nitrogen and oxygen atoms in total. The van der Waals surface area contributed by atoms with Gasteiger partial charge in [0.25, 0.3) is 0 Å². The van der Waals surface area contributed by atoms with E-state index in [0.29, 0.717) is 12.2 Å². The zero-order valence-corrected chi connectivity index (χ0v) is 7.26.